The zero-order valence-electron chi connectivity index (χ0n) is 21.5. The van der Waals surface area contributed by atoms with Gasteiger partial charge in [-0.15, -0.1) is 10.2 Å². The standard InChI is InChI=1S/C28H35N7O/c1-5-8-26(24-15-23(18(2)3)19(24)4)35-14-13-34(28(35)36)17-20-11-12-25(29-16-20)21-9-6-7-10-22(21)27-30-32-33-31-27/h6-7,9-14,16,18-19,23-24,26H,5,8,15,17H2,1-4H3,(H,30,31,32,33). The third-order valence-electron chi connectivity index (χ3n) is 8.03. The van der Waals surface area contributed by atoms with Gasteiger partial charge in [0.25, 0.3) is 0 Å². The fraction of sp³-hybridized carbons (Fsp3) is 0.464. The molecule has 3 aromatic heterocycles. The number of benzene rings is 1. The number of H-pyrrole nitrogens is 1. The molecule has 1 fully saturated rings. The van der Waals surface area contributed by atoms with Crippen LogP contribution in [0.4, 0.5) is 0 Å². The first kappa shape index (κ1) is 24.2. The van der Waals surface area contributed by atoms with Gasteiger partial charge in [0.1, 0.15) is 0 Å². The molecule has 1 aliphatic carbocycles. The van der Waals surface area contributed by atoms with Crippen molar-refractivity contribution in [2.75, 3.05) is 0 Å². The zero-order valence-corrected chi connectivity index (χ0v) is 21.5. The first-order chi connectivity index (χ1) is 17.5. The molecule has 1 N–H and O–H groups in total. The molecular weight excluding hydrogens is 450 g/mol. The molecule has 0 spiro atoms. The number of hydrogen-bond donors (Lipinski definition) is 1. The highest BCUT2D eigenvalue weighted by atomic mass is 16.1. The topological polar surface area (TPSA) is 94.3 Å². The minimum atomic E-state index is 0.0696. The Labute approximate surface area is 211 Å². The lowest BCUT2D eigenvalue weighted by molar-refractivity contribution is 0.00711. The van der Waals surface area contributed by atoms with Crippen molar-refractivity contribution in [1.82, 2.24) is 34.7 Å². The highest BCUT2D eigenvalue weighted by molar-refractivity contribution is 5.78. The number of nitrogens with zero attached hydrogens (tertiary/aromatic N) is 6. The summed E-state index contributed by atoms with van der Waals surface area (Å²) in [6, 6.07) is 12.2. The van der Waals surface area contributed by atoms with Gasteiger partial charge in [-0.05, 0) is 53.4 Å². The Kier molecular flexibility index (Phi) is 6.85. The molecule has 3 heterocycles. The lowest BCUT2D eigenvalue weighted by atomic mass is 9.58. The molecule has 4 unspecified atom stereocenters. The highest BCUT2D eigenvalue weighted by Crippen LogP contribution is 2.50. The van der Waals surface area contributed by atoms with Crippen LogP contribution >= 0.6 is 0 Å². The number of tetrazole rings is 1. The van der Waals surface area contributed by atoms with E-state index in [0.29, 0.717) is 30.1 Å². The quantitative estimate of drug-likeness (QED) is 0.351. The lowest BCUT2D eigenvalue weighted by Crippen LogP contribution is -2.44. The SMILES string of the molecule is CCCC(C1CC(C(C)C)C1C)n1ccn(Cc2ccc(-c3ccccc3-c3nn[nH]n3)nc2)c1=O. The maximum absolute atomic E-state index is 13.4. The molecule has 8 nitrogen and oxygen atoms in total. The van der Waals surface area contributed by atoms with Gasteiger partial charge < -0.3 is 0 Å². The van der Waals surface area contributed by atoms with Gasteiger partial charge in [0.05, 0.1) is 12.2 Å². The Morgan fingerprint density at radius 1 is 1.08 bits per heavy atom. The molecule has 0 aliphatic heterocycles. The maximum Gasteiger partial charge on any atom is 0.328 e. The van der Waals surface area contributed by atoms with Crippen LogP contribution in [0.3, 0.4) is 0 Å². The van der Waals surface area contributed by atoms with Crippen LogP contribution in [0.25, 0.3) is 22.6 Å². The summed E-state index contributed by atoms with van der Waals surface area (Å²) in [5.41, 5.74) is 3.68. The van der Waals surface area contributed by atoms with Crippen LogP contribution in [0.5, 0.6) is 0 Å². The molecule has 0 bridgehead atoms. The maximum atomic E-state index is 13.4. The van der Waals surface area contributed by atoms with Gasteiger partial charge in [-0.25, -0.2) is 4.79 Å². The second-order valence-corrected chi connectivity index (χ2v) is 10.5. The molecule has 5 rings (SSSR count). The number of aromatic amines is 1. The van der Waals surface area contributed by atoms with Crippen molar-refractivity contribution in [2.24, 2.45) is 23.7 Å². The van der Waals surface area contributed by atoms with Crippen molar-refractivity contribution >= 4 is 0 Å². The summed E-state index contributed by atoms with van der Waals surface area (Å²) in [5, 5.41) is 14.4. The van der Waals surface area contributed by atoms with Crippen molar-refractivity contribution in [2.45, 2.75) is 59.5 Å². The van der Waals surface area contributed by atoms with Gasteiger partial charge in [-0.1, -0.05) is 64.4 Å². The summed E-state index contributed by atoms with van der Waals surface area (Å²) in [4.78, 5) is 18.1. The van der Waals surface area contributed by atoms with Gasteiger partial charge in [-0.3, -0.25) is 14.1 Å². The van der Waals surface area contributed by atoms with Crippen LogP contribution in [0.15, 0.2) is 59.8 Å². The highest BCUT2D eigenvalue weighted by Gasteiger charge is 2.43. The van der Waals surface area contributed by atoms with Crippen molar-refractivity contribution in [3.8, 4) is 22.6 Å². The van der Waals surface area contributed by atoms with E-state index >= 15 is 0 Å². The van der Waals surface area contributed by atoms with E-state index in [-0.39, 0.29) is 11.7 Å². The number of nitrogens with one attached hydrogen (secondary N) is 1. The Bertz CT molecular complexity index is 1340. The normalized spacial score (nSPS) is 20.4. The summed E-state index contributed by atoms with van der Waals surface area (Å²) in [6.45, 7) is 9.71. The molecule has 188 valence electrons. The third-order valence-corrected chi connectivity index (χ3v) is 8.03. The average molecular weight is 486 g/mol. The van der Waals surface area contributed by atoms with Crippen molar-refractivity contribution in [3.05, 3.63) is 71.0 Å². The first-order valence-electron chi connectivity index (χ1n) is 13.0. The fourth-order valence-corrected chi connectivity index (χ4v) is 5.96. The van der Waals surface area contributed by atoms with Gasteiger partial charge in [0.2, 0.25) is 5.82 Å². The largest absolute Gasteiger partial charge is 0.328 e. The monoisotopic (exact) mass is 485 g/mol. The molecule has 0 radical (unpaired) electrons. The molecule has 1 aliphatic rings. The van der Waals surface area contributed by atoms with Crippen LogP contribution < -0.4 is 5.69 Å². The van der Waals surface area contributed by atoms with Crippen LogP contribution in [0, 0.1) is 23.7 Å². The molecule has 0 saturated heterocycles. The van der Waals surface area contributed by atoms with Crippen LogP contribution in [0.2, 0.25) is 0 Å². The van der Waals surface area contributed by atoms with E-state index in [1.54, 1.807) is 4.57 Å². The summed E-state index contributed by atoms with van der Waals surface area (Å²) in [7, 11) is 0. The van der Waals surface area contributed by atoms with E-state index in [2.05, 4.69) is 48.3 Å². The van der Waals surface area contributed by atoms with Crippen molar-refractivity contribution in [3.63, 3.8) is 0 Å². The third kappa shape index (κ3) is 4.52. The van der Waals surface area contributed by atoms with Crippen molar-refractivity contribution in [1.29, 1.82) is 0 Å². The molecule has 1 saturated carbocycles. The molecular formula is C28H35N7O. The minimum absolute atomic E-state index is 0.0696. The van der Waals surface area contributed by atoms with Crippen molar-refractivity contribution < 1.29 is 0 Å². The summed E-state index contributed by atoms with van der Waals surface area (Å²) < 4.78 is 3.79. The molecule has 36 heavy (non-hydrogen) atoms. The van der Waals surface area contributed by atoms with Gasteiger partial charge in [0.15, 0.2) is 0 Å². The predicted octanol–water partition coefficient (Wildman–Crippen LogP) is 5.21. The smallest absolute Gasteiger partial charge is 0.296 e. The first-order valence-corrected chi connectivity index (χ1v) is 13.0. The van der Waals surface area contributed by atoms with E-state index in [0.717, 1.165) is 41.1 Å². The van der Waals surface area contributed by atoms with Crippen LogP contribution in [0.1, 0.15) is 58.6 Å². The Hall–Kier alpha value is -3.55. The Morgan fingerprint density at radius 3 is 2.53 bits per heavy atom. The van der Waals surface area contributed by atoms with Gasteiger partial charge in [0, 0.05) is 35.8 Å². The molecule has 4 atom stereocenters. The molecule has 8 heteroatoms. The molecule has 0 amide bonds. The average Bonchev–Trinajstić information content (AvgIpc) is 3.54. The summed E-state index contributed by atoms with van der Waals surface area (Å²) in [6.07, 6.45) is 9.10. The summed E-state index contributed by atoms with van der Waals surface area (Å²) in [5.74, 6) is 3.23. The predicted molar refractivity (Wildman–Crippen MR) is 140 cm³/mol. The van der Waals surface area contributed by atoms with Gasteiger partial charge >= 0.3 is 5.69 Å². The van der Waals surface area contributed by atoms with Crippen LogP contribution in [-0.4, -0.2) is 34.7 Å². The number of imidazole rings is 1. The van der Waals surface area contributed by atoms with E-state index in [1.807, 2.05) is 59.6 Å². The molecule has 1 aromatic carbocycles. The fourth-order valence-electron chi connectivity index (χ4n) is 5.96. The number of aromatic nitrogens is 7. The van der Waals surface area contributed by atoms with E-state index in [9.17, 15) is 4.79 Å². The zero-order chi connectivity index (χ0) is 25.2. The second kappa shape index (κ2) is 10.2. The van der Waals surface area contributed by atoms with E-state index in [4.69, 9.17) is 4.98 Å². The second-order valence-electron chi connectivity index (χ2n) is 10.5. The number of rotatable bonds is 9. The van der Waals surface area contributed by atoms with Crippen LogP contribution in [-0.2, 0) is 6.54 Å². The number of pyridine rings is 1. The van der Waals surface area contributed by atoms with E-state index < -0.39 is 0 Å². The molecule has 4 aromatic rings. The van der Waals surface area contributed by atoms with E-state index in [1.165, 1.54) is 6.42 Å². The summed E-state index contributed by atoms with van der Waals surface area (Å²) >= 11 is 0. The number of hydrogen-bond acceptors (Lipinski definition) is 5. The Morgan fingerprint density at radius 2 is 1.89 bits per heavy atom. The Balaban J connectivity index is 1.34. The minimum Gasteiger partial charge on any atom is -0.296 e. The van der Waals surface area contributed by atoms with Gasteiger partial charge in [-0.2, -0.15) is 5.21 Å². The lowest BCUT2D eigenvalue weighted by Gasteiger charge is -2.49.